The third-order valence-electron chi connectivity index (χ3n) is 3.73. The largest absolute Gasteiger partial charge is 0.381 e. The Bertz CT molecular complexity index is 179. The van der Waals surface area contributed by atoms with E-state index in [-0.39, 0.29) is 0 Å². The molecule has 18 heavy (non-hydrogen) atoms. The molecule has 108 valence electrons. The van der Waals surface area contributed by atoms with Crippen molar-refractivity contribution in [1.82, 2.24) is 4.90 Å². The molecule has 0 spiro atoms. The molecule has 0 atom stereocenters. The van der Waals surface area contributed by atoms with Crippen molar-refractivity contribution in [3.8, 4) is 0 Å². The Hall–Kier alpha value is -0.120. The number of ether oxygens (including phenoxy) is 2. The van der Waals surface area contributed by atoms with Gasteiger partial charge in [-0.05, 0) is 38.6 Å². The fourth-order valence-electron chi connectivity index (χ4n) is 2.51. The van der Waals surface area contributed by atoms with Crippen molar-refractivity contribution in [2.75, 3.05) is 40.0 Å². The maximum atomic E-state index is 5.48. The van der Waals surface area contributed by atoms with E-state index in [1.54, 1.807) is 0 Å². The average molecular weight is 257 g/mol. The smallest absolute Gasteiger partial charge is 0.0595 e. The number of likely N-dealkylation sites (tertiary alicyclic amines) is 1. The van der Waals surface area contributed by atoms with E-state index >= 15 is 0 Å². The minimum absolute atomic E-state index is 0.511. The number of rotatable bonds is 10. The van der Waals surface area contributed by atoms with Gasteiger partial charge in [0.05, 0.1) is 6.10 Å². The molecule has 0 N–H and O–H groups in total. The summed E-state index contributed by atoms with van der Waals surface area (Å²) in [5.41, 5.74) is 0. The van der Waals surface area contributed by atoms with Crippen molar-refractivity contribution in [2.24, 2.45) is 0 Å². The molecule has 1 rings (SSSR count). The van der Waals surface area contributed by atoms with Gasteiger partial charge in [0.25, 0.3) is 0 Å². The molecular formula is C15H31NO2. The fraction of sp³-hybridized carbons (Fsp3) is 1.00. The van der Waals surface area contributed by atoms with Gasteiger partial charge in [-0.15, -0.1) is 0 Å². The van der Waals surface area contributed by atoms with Crippen LogP contribution in [0, 0.1) is 0 Å². The van der Waals surface area contributed by atoms with Crippen molar-refractivity contribution in [3.63, 3.8) is 0 Å². The van der Waals surface area contributed by atoms with Crippen LogP contribution in [0.1, 0.15) is 51.9 Å². The topological polar surface area (TPSA) is 21.7 Å². The molecule has 0 radical (unpaired) electrons. The van der Waals surface area contributed by atoms with Crippen LogP contribution in [0.2, 0.25) is 0 Å². The van der Waals surface area contributed by atoms with E-state index in [1.165, 1.54) is 58.2 Å². The predicted octanol–water partition coefficient (Wildman–Crippen LogP) is 3.08. The number of piperidine rings is 1. The van der Waals surface area contributed by atoms with Crippen LogP contribution in [0.25, 0.3) is 0 Å². The molecule has 3 heteroatoms. The minimum atomic E-state index is 0.511. The Morgan fingerprint density at radius 3 is 2.39 bits per heavy atom. The van der Waals surface area contributed by atoms with Gasteiger partial charge in [-0.1, -0.05) is 19.8 Å². The number of hydrogen-bond acceptors (Lipinski definition) is 3. The van der Waals surface area contributed by atoms with Gasteiger partial charge in [0.2, 0.25) is 0 Å². The standard InChI is InChI=1S/C15H31NO2/c1-3-13-18-14-7-5-4-6-10-16-11-8-15(17-2)9-12-16/h15H,3-14H2,1-2H3. The summed E-state index contributed by atoms with van der Waals surface area (Å²) in [6, 6.07) is 0. The molecule has 0 amide bonds. The number of nitrogens with zero attached hydrogens (tertiary/aromatic N) is 1. The van der Waals surface area contributed by atoms with E-state index in [9.17, 15) is 0 Å². The molecule has 0 aromatic rings. The summed E-state index contributed by atoms with van der Waals surface area (Å²) in [7, 11) is 1.83. The molecule has 1 aliphatic rings. The third kappa shape index (κ3) is 7.34. The fourth-order valence-corrected chi connectivity index (χ4v) is 2.51. The number of methoxy groups -OCH3 is 1. The quantitative estimate of drug-likeness (QED) is 0.561. The zero-order valence-corrected chi connectivity index (χ0v) is 12.3. The SMILES string of the molecule is CCCOCCCCCCN1CCC(OC)CC1. The Kier molecular flexibility index (Phi) is 9.54. The average Bonchev–Trinajstić information content (AvgIpc) is 2.42. The van der Waals surface area contributed by atoms with Crippen molar-refractivity contribution in [2.45, 2.75) is 58.0 Å². The van der Waals surface area contributed by atoms with Gasteiger partial charge >= 0.3 is 0 Å². The van der Waals surface area contributed by atoms with Crippen LogP contribution in [0.4, 0.5) is 0 Å². The maximum absolute atomic E-state index is 5.48. The molecule has 0 aromatic heterocycles. The van der Waals surface area contributed by atoms with E-state index in [2.05, 4.69) is 11.8 Å². The second kappa shape index (κ2) is 10.8. The van der Waals surface area contributed by atoms with E-state index in [0.717, 1.165) is 19.6 Å². The lowest BCUT2D eigenvalue weighted by Gasteiger charge is -2.31. The molecule has 0 aliphatic carbocycles. The van der Waals surface area contributed by atoms with Crippen LogP contribution in [0.5, 0.6) is 0 Å². The van der Waals surface area contributed by atoms with E-state index in [1.807, 2.05) is 7.11 Å². The van der Waals surface area contributed by atoms with Gasteiger partial charge in [0.15, 0.2) is 0 Å². The van der Waals surface area contributed by atoms with Crippen LogP contribution in [-0.4, -0.2) is 51.0 Å². The summed E-state index contributed by atoms with van der Waals surface area (Å²) >= 11 is 0. The van der Waals surface area contributed by atoms with Gasteiger partial charge in [0, 0.05) is 33.4 Å². The normalized spacial score (nSPS) is 18.3. The first kappa shape index (κ1) is 15.9. The molecule has 1 saturated heterocycles. The first-order valence-electron chi connectivity index (χ1n) is 7.69. The zero-order chi connectivity index (χ0) is 13.1. The zero-order valence-electron chi connectivity index (χ0n) is 12.3. The second-order valence-corrected chi connectivity index (χ2v) is 5.30. The second-order valence-electron chi connectivity index (χ2n) is 5.30. The lowest BCUT2D eigenvalue weighted by Crippen LogP contribution is -2.37. The lowest BCUT2D eigenvalue weighted by molar-refractivity contribution is 0.0406. The summed E-state index contributed by atoms with van der Waals surface area (Å²) in [6.45, 7) is 7.75. The van der Waals surface area contributed by atoms with Crippen molar-refractivity contribution in [3.05, 3.63) is 0 Å². The molecule has 1 aliphatic heterocycles. The first-order chi connectivity index (χ1) is 8.86. The third-order valence-corrected chi connectivity index (χ3v) is 3.73. The van der Waals surface area contributed by atoms with E-state index in [4.69, 9.17) is 9.47 Å². The highest BCUT2D eigenvalue weighted by Gasteiger charge is 2.17. The first-order valence-corrected chi connectivity index (χ1v) is 7.69. The van der Waals surface area contributed by atoms with Gasteiger partial charge in [0.1, 0.15) is 0 Å². The molecule has 0 saturated carbocycles. The van der Waals surface area contributed by atoms with Crippen LogP contribution < -0.4 is 0 Å². The molecule has 1 heterocycles. The molecule has 0 unspecified atom stereocenters. The van der Waals surface area contributed by atoms with Gasteiger partial charge in [-0.2, -0.15) is 0 Å². The monoisotopic (exact) mass is 257 g/mol. The van der Waals surface area contributed by atoms with Gasteiger partial charge in [-0.3, -0.25) is 0 Å². The Morgan fingerprint density at radius 1 is 1.00 bits per heavy atom. The Balaban J connectivity index is 1.84. The van der Waals surface area contributed by atoms with Crippen molar-refractivity contribution < 1.29 is 9.47 Å². The highest BCUT2D eigenvalue weighted by molar-refractivity contribution is 4.71. The molecule has 3 nitrogen and oxygen atoms in total. The highest BCUT2D eigenvalue weighted by Crippen LogP contribution is 2.13. The molecule has 1 fully saturated rings. The lowest BCUT2D eigenvalue weighted by atomic mass is 10.1. The predicted molar refractivity (Wildman–Crippen MR) is 76.0 cm³/mol. The Labute approximate surface area is 113 Å². The number of hydrogen-bond donors (Lipinski definition) is 0. The highest BCUT2D eigenvalue weighted by atomic mass is 16.5. The summed E-state index contributed by atoms with van der Waals surface area (Å²) in [5.74, 6) is 0. The molecular weight excluding hydrogens is 226 g/mol. The van der Waals surface area contributed by atoms with E-state index in [0.29, 0.717) is 6.10 Å². The minimum Gasteiger partial charge on any atom is -0.381 e. The maximum Gasteiger partial charge on any atom is 0.0595 e. The van der Waals surface area contributed by atoms with Crippen LogP contribution in [0.15, 0.2) is 0 Å². The van der Waals surface area contributed by atoms with Crippen LogP contribution in [0.3, 0.4) is 0 Å². The van der Waals surface area contributed by atoms with Crippen molar-refractivity contribution in [1.29, 1.82) is 0 Å². The molecule has 0 bridgehead atoms. The number of unbranched alkanes of at least 4 members (excludes halogenated alkanes) is 3. The van der Waals surface area contributed by atoms with E-state index < -0.39 is 0 Å². The van der Waals surface area contributed by atoms with Crippen LogP contribution in [-0.2, 0) is 9.47 Å². The van der Waals surface area contributed by atoms with Crippen LogP contribution >= 0.6 is 0 Å². The van der Waals surface area contributed by atoms with Gasteiger partial charge < -0.3 is 14.4 Å². The summed E-state index contributed by atoms with van der Waals surface area (Å²) in [6.07, 6.45) is 9.30. The van der Waals surface area contributed by atoms with Gasteiger partial charge in [-0.25, -0.2) is 0 Å². The Morgan fingerprint density at radius 2 is 1.72 bits per heavy atom. The summed E-state index contributed by atoms with van der Waals surface area (Å²) in [4.78, 5) is 2.59. The summed E-state index contributed by atoms with van der Waals surface area (Å²) in [5, 5.41) is 0. The molecule has 0 aromatic carbocycles. The summed E-state index contributed by atoms with van der Waals surface area (Å²) < 4.78 is 10.9. The van der Waals surface area contributed by atoms with Crippen molar-refractivity contribution >= 4 is 0 Å².